The molecule has 0 N–H and O–H groups in total. The van der Waals surface area contributed by atoms with Gasteiger partial charge in [-0.3, -0.25) is 9.69 Å². The molecule has 1 amide bonds. The zero-order valence-electron chi connectivity index (χ0n) is 15.9. The van der Waals surface area contributed by atoms with Crippen LogP contribution in [-0.4, -0.2) is 61.1 Å². The van der Waals surface area contributed by atoms with Crippen LogP contribution in [0.1, 0.15) is 60.0 Å². The van der Waals surface area contributed by atoms with Crippen molar-refractivity contribution < 1.29 is 9.53 Å². The Morgan fingerprint density at radius 2 is 1.81 bits per heavy atom. The Labute approximate surface area is 157 Å². The second-order valence-corrected chi connectivity index (χ2v) is 8.08. The fourth-order valence-electron chi connectivity index (χ4n) is 4.76. The zero-order chi connectivity index (χ0) is 17.8. The predicted octanol–water partition coefficient (Wildman–Crippen LogP) is 3.28. The van der Waals surface area contributed by atoms with E-state index in [0.717, 1.165) is 70.6 Å². The number of piperidine rings is 1. The topological polar surface area (TPSA) is 32.8 Å². The highest BCUT2D eigenvalue weighted by molar-refractivity contribution is 5.94. The first-order valence-electron chi connectivity index (χ1n) is 10.5. The van der Waals surface area contributed by atoms with Gasteiger partial charge in [0.25, 0.3) is 5.91 Å². The average Bonchev–Trinajstić information content (AvgIpc) is 2.72. The molecule has 0 bridgehead atoms. The van der Waals surface area contributed by atoms with Gasteiger partial charge >= 0.3 is 0 Å². The number of carbonyl (C=O) groups is 1. The standard InChI is InChI=1S/C22H32N2O2/c25-22(20-9-8-18-5-1-2-6-19(18)17-20)24-11-4-3-7-21(24)10-12-23-13-15-26-16-14-23/h8-9,17,21H,1-7,10-16H2. The van der Waals surface area contributed by atoms with Crippen LogP contribution in [0.4, 0.5) is 0 Å². The summed E-state index contributed by atoms with van der Waals surface area (Å²) in [5.41, 5.74) is 3.77. The van der Waals surface area contributed by atoms with E-state index in [1.807, 2.05) is 0 Å². The van der Waals surface area contributed by atoms with Crippen molar-refractivity contribution in [3.05, 3.63) is 34.9 Å². The summed E-state index contributed by atoms with van der Waals surface area (Å²) in [6.07, 6.45) is 9.50. The third-order valence-corrected chi connectivity index (χ3v) is 6.37. The Hall–Kier alpha value is -1.39. The molecule has 1 aliphatic carbocycles. The number of aryl methyl sites for hydroxylation is 2. The van der Waals surface area contributed by atoms with Crippen molar-refractivity contribution in [3.8, 4) is 0 Å². The quantitative estimate of drug-likeness (QED) is 0.830. The first kappa shape index (κ1) is 18.0. The van der Waals surface area contributed by atoms with Gasteiger partial charge in [0, 0.05) is 37.8 Å². The van der Waals surface area contributed by atoms with Gasteiger partial charge in [0.2, 0.25) is 0 Å². The van der Waals surface area contributed by atoms with Crippen molar-refractivity contribution in [1.82, 2.24) is 9.80 Å². The Morgan fingerprint density at radius 1 is 1.00 bits per heavy atom. The van der Waals surface area contributed by atoms with Gasteiger partial charge in [0.15, 0.2) is 0 Å². The van der Waals surface area contributed by atoms with Crippen LogP contribution in [0.2, 0.25) is 0 Å². The maximum Gasteiger partial charge on any atom is 0.254 e. The molecule has 1 unspecified atom stereocenters. The van der Waals surface area contributed by atoms with Gasteiger partial charge in [0.05, 0.1) is 13.2 Å². The van der Waals surface area contributed by atoms with Gasteiger partial charge in [-0.2, -0.15) is 0 Å². The molecule has 0 spiro atoms. The lowest BCUT2D eigenvalue weighted by Gasteiger charge is -2.37. The minimum absolute atomic E-state index is 0.255. The molecule has 3 aliphatic rings. The third-order valence-electron chi connectivity index (χ3n) is 6.37. The molecule has 0 radical (unpaired) electrons. The number of carbonyl (C=O) groups excluding carboxylic acids is 1. The molecule has 4 rings (SSSR count). The lowest BCUT2D eigenvalue weighted by Crippen LogP contribution is -2.46. The van der Waals surface area contributed by atoms with Crippen molar-refractivity contribution in [3.63, 3.8) is 0 Å². The lowest BCUT2D eigenvalue weighted by atomic mass is 9.90. The van der Waals surface area contributed by atoms with Gasteiger partial charge in [-0.15, -0.1) is 0 Å². The van der Waals surface area contributed by atoms with Crippen molar-refractivity contribution in [2.75, 3.05) is 39.4 Å². The summed E-state index contributed by atoms with van der Waals surface area (Å²) in [6.45, 7) is 5.77. The van der Waals surface area contributed by atoms with Gasteiger partial charge in [-0.25, -0.2) is 0 Å². The SMILES string of the molecule is O=C(c1ccc2c(c1)CCCC2)N1CCCCC1CCN1CCOCC1. The molecule has 142 valence electrons. The van der Waals surface area contributed by atoms with Crippen LogP contribution < -0.4 is 0 Å². The fourth-order valence-corrected chi connectivity index (χ4v) is 4.76. The molecule has 2 saturated heterocycles. The highest BCUT2D eigenvalue weighted by Gasteiger charge is 2.28. The summed E-state index contributed by atoms with van der Waals surface area (Å²) < 4.78 is 5.45. The van der Waals surface area contributed by atoms with E-state index in [4.69, 9.17) is 4.74 Å². The summed E-state index contributed by atoms with van der Waals surface area (Å²) in [6, 6.07) is 6.86. The Kier molecular flexibility index (Phi) is 5.91. The van der Waals surface area contributed by atoms with E-state index >= 15 is 0 Å². The van der Waals surface area contributed by atoms with Crippen LogP contribution in [0.15, 0.2) is 18.2 Å². The second kappa shape index (κ2) is 8.53. The number of hydrogen-bond donors (Lipinski definition) is 0. The van der Waals surface area contributed by atoms with E-state index < -0.39 is 0 Å². The Bertz CT molecular complexity index is 625. The summed E-state index contributed by atoms with van der Waals surface area (Å²) in [5, 5.41) is 0. The zero-order valence-corrected chi connectivity index (χ0v) is 15.9. The van der Waals surface area contributed by atoms with E-state index in [9.17, 15) is 4.79 Å². The second-order valence-electron chi connectivity index (χ2n) is 8.08. The monoisotopic (exact) mass is 356 g/mol. The predicted molar refractivity (Wildman–Crippen MR) is 104 cm³/mol. The van der Waals surface area contributed by atoms with Gasteiger partial charge in [-0.05, 0) is 74.6 Å². The van der Waals surface area contributed by atoms with Crippen LogP contribution in [0.3, 0.4) is 0 Å². The molecule has 1 atom stereocenters. The first-order valence-corrected chi connectivity index (χ1v) is 10.5. The molecule has 26 heavy (non-hydrogen) atoms. The molecule has 2 aliphatic heterocycles. The molecule has 4 heteroatoms. The van der Waals surface area contributed by atoms with Gasteiger partial charge < -0.3 is 9.64 Å². The normalized spacial score (nSPS) is 24.3. The maximum atomic E-state index is 13.2. The summed E-state index contributed by atoms with van der Waals surface area (Å²) in [4.78, 5) is 17.9. The lowest BCUT2D eigenvalue weighted by molar-refractivity contribution is 0.0295. The number of benzene rings is 1. The number of ether oxygens (including phenoxy) is 1. The number of rotatable bonds is 4. The van der Waals surface area contributed by atoms with E-state index in [1.54, 1.807) is 0 Å². The number of amides is 1. The van der Waals surface area contributed by atoms with Crippen LogP contribution in [-0.2, 0) is 17.6 Å². The summed E-state index contributed by atoms with van der Waals surface area (Å²) >= 11 is 0. The maximum absolute atomic E-state index is 13.2. The largest absolute Gasteiger partial charge is 0.379 e. The Balaban J connectivity index is 1.42. The summed E-state index contributed by atoms with van der Waals surface area (Å²) in [5.74, 6) is 0.255. The number of fused-ring (bicyclic) bond motifs is 1. The smallest absolute Gasteiger partial charge is 0.254 e. The van der Waals surface area contributed by atoms with Crippen LogP contribution in [0.25, 0.3) is 0 Å². The molecule has 0 saturated carbocycles. The molecule has 2 fully saturated rings. The van der Waals surface area contributed by atoms with E-state index in [1.165, 1.54) is 36.8 Å². The molecule has 4 nitrogen and oxygen atoms in total. The third kappa shape index (κ3) is 4.12. The fraction of sp³-hybridized carbons (Fsp3) is 0.682. The molecular formula is C22H32N2O2. The molecule has 1 aromatic rings. The molecule has 2 heterocycles. The highest BCUT2D eigenvalue weighted by Crippen LogP contribution is 2.26. The average molecular weight is 357 g/mol. The Morgan fingerprint density at radius 3 is 2.65 bits per heavy atom. The van der Waals surface area contributed by atoms with Crippen LogP contribution in [0, 0.1) is 0 Å². The highest BCUT2D eigenvalue weighted by atomic mass is 16.5. The molecule has 1 aromatic carbocycles. The van der Waals surface area contributed by atoms with E-state index in [0.29, 0.717) is 6.04 Å². The number of nitrogens with zero attached hydrogens (tertiary/aromatic N) is 2. The molecular weight excluding hydrogens is 324 g/mol. The van der Waals surface area contributed by atoms with Crippen LogP contribution >= 0.6 is 0 Å². The minimum atomic E-state index is 0.255. The number of likely N-dealkylation sites (tertiary alicyclic amines) is 1. The van der Waals surface area contributed by atoms with Crippen molar-refractivity contribution >= 4 is 5.91 Å². The van der Waals surface area contributed by atoms with Crippen molar-refractivity contribution in [2.45, 2.75) is 57.4 Å². The number of hydrogen-bond acceptors (Lipinski definition) is 3. The number of morpholine rings is 1. The van der Waals surface area contributed by atoms with Gasteiger partial charge in [0.1, 0.15) is 0 Å². The van der Waals surface area contributed by atoms with Crippen molar-refractivity contribution in [1.29, 1.82) is 0 Å². The van der Waals surface area contributed by atoms with Crippen LogP contribution in [0.5, 0.6) is 0 Å². The first-order chi connectivity index (χ1) is 12.8. The minimum Gasteiger partial charge on any atom is -0.379 e. The van der Waals surface area contributed by atoms with Crippen molar-refractivity contribution in [2.24, 2.45) is 0 Å². The van der Waals surface area contributed by atoms with Gasteiger partial charge in [-0.1, -0.05) is 6.07 Å². The summed E-state index contributed by atoms with van der Waals surface area (Å²) in [7, 11) is 0. The molecule has 0 aromatic heterocycles. The van der Waals surface area contributed by atoms with E-state index in [-0.39, 0.29) is 5.91 Å². The van der Waals surface area contributed by atoms with E-state index in [2.05, 4.69) is 28.0 Å².